The number of rotatable bonds is 3. The van der Waals surface area contributed by atoms with Gasteiger partial charge in [-0.3, -0.25) is 4.79 Å². The Kier molecular flexibility index (Phi) is 5.60. The lowest BCUT2D eigenvalue weighted by Crippen LogP contribution is -2.37. The molecule has 0 unspecified atom stereocenters. The first-order valence-electron chi connectivity index (χ1n) is 3.98. The summed E-state index contributed by atoms with van der Waals surface area (Å²) >= 11 is 5.64. The van der Waals surface area contributed by atoms with E-state index in [-0.39, 0.29) is 24.4 Å². The Balaban J connectivity index is 0.00000169. The highest BCUT2D eigenvalue weighted by Crippen LogP contribution is 2.09. The fraction of sp³-hybridized carbons (Fsp3) is 0.375. The number of carbonyl (C=O) groups excluding carboxylic acids is 1. The molecule has 6 heteroatoms. The van der Waals surface area contributed by atoms with E-state index in [1.165, 1.54) is 0 Å². The van der Waals surface area contributed by atoms with Crippen molar-refractivity contribution in [3.63, 3.8) is 0 Å². The van der Waals surface area contributed by atoms with Crippen molar-refractivity contribution >= 4 is 29.9 Å². The molecule has 1 aromatic rings. The van der Waals surface area contributed by atoms with Crippen molar-refractivity contribution in [3.8, 4) is 0 Å². The number of hydrogen-bond acceptors (Lipinski definition) is 2. The first-order chi connectivity index (χ1) is 6.13. The van der Waals surface area contributed by atoms with Crippen LogP contribution in [0.5, 0.6) is 0 Å². The molecule has 0 radical (unpaired) electrons. The second-order valence-corrected chi connectivity index (χ2v) is 3.28. The van der Waals surface area contributed by atoms with E-state index in [4.69, 9.17) is 17.3 Å². The molecule has 0 bridgehead atoms. The van der Waals surface area contributed by atoms with E-state index in [0.29, 0.717) is 17.3 Å². The van der Waals surface area contributed by atoms with Crippen LogP contribution in [-0.4, -0.2) is 23.5 Å². The third-order valence-electron chi connectivity index (χ3n) is 1.62. The molecule has 1 heterocycles. The highest BCUT2D eigenvalue weighted by atomic mass is 35.5. The van der Waals surface area contributed by atoms with Gasteiger partial charge in [0, 0.05) is 18.8 Å². The molecule has 0 aliphatic carbocycles. The number of halogens is 2. The Labute approximate surface area is 93.6 Å². The summed E-state index contributed by atoms with van der Waals surface area (Å²) in [6.07, 6.45) is 1.56. The predicted octanol–water partition coefficient (Wildman–Crippen LogP) is 1.17. The molecular weight excluding hydrogens is 225 g/mol. The zero-order valence-electron chi connectivity index (χ0n) is 7.71. The number of carbonyl (C=O) groups is 1. The van der Waals surface area contributed by atoms with Crippen molar-refractivity contribution in [3.05, 3.63) is 23.0 Å². The fourth-order valence-corrected chi connectivity index (χ4v) is 1.02. The monoisotopic (exact) mass is 237 g/mol. The van der Waals surface area contributed by atoms with Crippen molar-refractivity contribution < 1.29 is 4.79 Å². The van der Waals surface area contributed by atoms with Crippen LogP contribution >= 0.6 is 24.0 Å². The maximum absolute atomic E-state index is 11.4. The summed E-state index contributed by atoms with van der Waals surface area (Å²) in [5.74, 6) is -0.190. The molecule has 1 rings (SSSR count). The van der Waals surface area contributed by atoms with Crippen molar-refractivity contribution in [2.75, 3.05) is 6.54 Å². The Morgan fingerprint density at radius 3 is 2.86 bits per heavy atom. The van der Waals surface area contributed by atoms with E-state index in [0.717, 1.165) is 0 Å². The average Bonchev–Trinajstić information content (AvgIpc) is 2.51. The van der Waals surface area contributed by atoms with Gasteiger partial charge in [-0.1, -0.05) is 11.6 Å². The third kappa shape index (κ3) is 3.57. The Morgan fingerprint density at radius 1 is 1.79 bits per heavy atom. The predicted molar refractivity (Wildman–Crippen MR) is 59.0 cm³/mol. The van der Waals surface area contributed by atoms with Gasteiger partial charge in [-0.2, -0.15) is 0 Å². The van der Waals surface area contributed by atoms with E-state index >= 15 is 0 Å². The quantitative estimate of drug-likeness (QED) is 0.739. The SMILES string of the molecule is C[C@H](CN)NC(=O)c1cc(Cl)c[nH]1.Cl. The normalized spacial score (nSPS) is 11.6. The van der Waals surface area contributed by atoms with Gasteiger partial charge < -0.3 is 16.0 Å². The summed E-state index contributed by atoms with van der Waals surface area (Å²) in [5, 5.41) is 3.22. The topological polar surface area (TPSA) is 70.9 Å². The second-order valence-electron chi connectivity index (χ2n) is 2.84. The minimum atomic E-state index is -0.190. The van der Waals surface area contributed by atoms with Crippen LogP contribution in [0.2, 0.25) is 5.02 Å². The molecule has 4 nitrogen and oxygen atoms in total. The van der Waals surface area contributed by atoms with Crippen molar-refractivity contribution in [2.45, 2.75) is 13.0 Å². The first-order valence-corrected chi connectivity index (χ1v) is 4.36. The van der Waals surface area contributed by atoms with Crippen LogP contribution < -0.4 is 11.1 Å². The van der Waals surface area contributed by atoms with Crippen LogP contribution in [0.4, 0.5) is 0 Å². The summed E-state index contributed by atoms with van der Waals surface area (Å²) in [4.78, 5) is 14.1. The van der Waals surface area contributed by atoms with E-state index in [1.807, 2.05) is 6.92 Å². The van der Waals surface area contributed by atoms with E-state index in [9.17, 15) is 4.79 Å². The lowest BCUT2D eigenvalue weighted by molar-refractivity contribution is 0.0937. The standard InChI is InChI=1S/C8H12ClN3O.ClH/c1-5(3-10)12-8(13)7-2-6(9)4-11-7;/h2,4-5,11H,3,10H2,1H3,(H,12,13);1H/t5-;/m1./s1. The third-order valence-corrected chi connectivity index (χ3v) is 1.84. The summed E-state index contributed by atoms with van der Waals surface area (Å²) in [7, 11) is 0. The molecule has 0 aromatic carbocycles. The van der Waals surface area contributed by atoms with Crippen LogP contribution in [0, 0.1) is 0 Å². The van der Waals surface area contributed by atoms with Gasteiger partial charge in [0.05, 0.1) is 5.02 Å². The van der Waals surface area contributed by atoms with Crippen molar-refractivity contribution in [1.29, 1.82) is 0 Å². The van der Waals surface area contributed by atoms with E-state index < -0.39 is 0 Å². The van der Waals surface area contributed by atoms with Gasteiger partial charge in [-0.25, -0.2) is 0 Å². The highest BCUT2D eigenvalue weighted by molar-refractivity contribution is 6.30. The lowest BCUT2D eigenvalue weighted by atomic mass is 10.3. The van der Waals surface area contributed by atoms with Gasteiger partial charge >= 0.3 is 0 Å². The van der Waals surface area contributed by atoms with Gasteiger partial charge in [0.2, 0.25) is 0 Å². The van der Waals surface area contributed by atoms with Gasteiger partial charge in [-0.05, 0) is 13.0 Å². The van der Waals surface area contributed by atoms with Gasteiger partial charge in [0.15, 0.2) is 0 Å². The van der Waals surface area contributed by atoms with Gasteiger partial charge in [-0.15, -0.1) is 12.4 Å². The van der Waals surface area contributed by atoms with Crippen molar-refractivity contribution in [2.24, 2.45) is 5.73 Å². The van der Waals surface area contributed by atoms with E-state index in [2.05, 4.69) is 10.3 Å². The fourth-order valence-electron chi connectivity index (χ4n) is 0.859. The Hall–Kier alpha value is -0.710. The number of amides is 1. The molecular formula is C8H13Cl2N3O. The van der Waals surface area contributed by atoms with E-state index in [1.54, 1.807) is 12.3 Å². The van der Waals surface area contributed by atoms with Crippen LogP contribution in [0.15, 0.2) is 12.3 Å². The number of aromatic amines is 1. The zero-order valence-corrected chi connectivity index (χ0v) is 9.28. The minimum Gasteiger partial charge on any atom is -0.356 e. The van der Waals surface area contributed by atoms with Crippen LogP contribution in [0.1, 0.15) is 17.4 Å². The molecule has 0 fully saturated rings. The molecule has 0 spiro atoms. The molecule has 4 N–H and O–H groups in total. The summed E-state index contributed by atoms with van der Waals surface area (Å²) < 4.78 is 0. The molecule has 1 atom stereocenters. The molecule has 14 heavy (non-hydrogen) atoms. The zero-order chi connectivity index (χ0) is 9.84. The van der Waals surface area contributed by atoms with Gasteiger partial charge in [0.25, 0.3) is 5.91 Å². The summed E-state index contributed by atoms with van der Waals surface area (Å²) in [6.45, 7) is 2.25. The number of nitrogens with one attached hydrogen (secondary N) is 2. The molecule has 0 saturated carbocycles. The molecule has 0 aliphatic rings. The minimum absolute atomic E-state index is 0. The van der Waals surface area contributed by atoms with Gasteiger partial charge in [0.1, 0.15) is 5.69 Å². The summed E-state index contributed by atoms with van der Waals surface area (Å²) in [5.41, 5.74) is 5.80. The molecule has 1 amide bonds. The largest absolute Gasteiger partial charge is 0.356 e. The smallest absolute Gasteiger partial charge is 0.267 e. The Morgan fingerprint density at radius 2 is 2.43 bits per heavy atom. The lowest BCUT2D eigenvalue weighted by Gasteiger charge is -2.09. The molecule has 0 saturated heterocycles. The van der Waals surface area contributed by atoms with Crippen molar-refractivity contribution in [1.82, 2.24) is 10.3 Å². The first kappa shape index (κ1) is 13.3. The number of hydrogen-bond donors (Lipinski definition) is 3. The number of H-pyrrole nitrogens is 1. The maximum Gasteiger partial charge on any atom is 0.267 e. The number of aromatic nitrogens is 1. The maximum atomic E-state index is 11.4. The van der Waals surface area contributed by atoms with Crippen LogP contribution in [0.3, 0.4) is 0 Å². The second kappa shape index (κ2) is 5.90. The van der Waals surface area contributed by atoms with Crippen LogP contribution in [0.25, 0.3) is 0 Å². The molecule has 1 aromatic heterocycles. The summed E-state index contributed by atoms with van der Waals surface area (Å²) in [6, 6.07) is 1.54. The number of nitrogens with two attached hydrogens (primary N) is 1. The van der Waals surface area contributed by atoms with Crippen LogP contribution in [-0.2, 0) is 0 Å². The molecule has 0 aliphatic heterocycles. The molecule has 80 valence electrons. The Bertz CT molecular complexity index is 301. The average molecular weight is 238 g/mol. The highest BCUT2D eigenvalue weighted by Gasteiger charge is 2.09.